The van der Waals surface area contributed by atoms with Gasteiger partial charge in [-0.05, 0) is 42.8 Å². The van der Waals surface area contributed by atoms with Gasteiger partial charge < -0.3 is 14.6 Å². The van der Waals surface area contributed by atoms with Crippen LogP contribution >= 0.6 is 11.6 Å². The van der Waals surface area contributed by atoms with Crippen LogP contribution in [-0.4, -0.2) is 28.5 Å². The molecule has 1 aliphatic rings. The second-order valence-corrected chi connectivity index (χ2v) is 6.03. The Balaban J connectivity index is 1.88. The summed E-state index contributed by atoms with van der Waals surface area (Å²) in [6.45, 7) is 3.02. The molecule has 2 aromatic carbocycles. The minimum atomic E-state index is 0.129. The summed E-state index contributed by atoms with van der Waals surface area (Å²) in [6.07, 6.45) is 0. The Morgan fingerprint density at radius 1 is 1.08 bits per heavy atom. The number of H-pyrrole nitrogens is 1. The highest BCUT2D eigenvalue weighted by Gasteiger charge is 2.20. The first-order valence-corrected chi connectivity index (χ1v) is 7.95. The van der Waals surface area contributed by atoms with Crippen LogP contribution in [0.25, 0.3) is 22.4 Å². The molecule has 0 amide bonds. The number of benzene rings is 2. The molecule has 0 spiro atoms. The zero-order valence-electron chi connectivity index (χ0n) is 13.0. The van der Waals surface area contributed by atoms with Crippen molar-refractivity contribution in [2.75, 3.05) is 13.2 Å². The number of aromatic hydroxyl groups is 1. The summed E-state index contributed by atoms with van der Waals surface area (Å²) >= 11 is 6.08. The Morgan fingerprint density at radius 3 is 2.71 bits per heavy atom. The van der Waals surface area contributed by atoms with E-state index in [1.807, 2.05) is 25.1 Å². The predicted molar refractivity (Wildman–Crippen MR) is 91.9 cm³/mol. The highest BCUT2D eigenvalue weighted by atomic mass is 35.5. The molecule has 4 rings (SSSR count). The number of aryl methyl sites for hydroxylation is 1. The van der Waals surface area contributed by atoms with E-state index in [1.165, 1.54) is 0 Å². The van der Waals surface area contributed by atoms with Crippen molar-refractivity contribution < 1.29 is 14.6 Å². The Bertz CT molecular complexity index is 921. The summed E-state index contributed by atoms with van der Waals surface area (Å²) in [4.78, 5) is 0. The van der Waals surface area contributed by atoms with E-state index in [4.69, 9.17) is 21.1 Å². The smallest absolute Gasteiger partial charge is 0.161 e. The number of aromatic nitrogens is 2. The third-order valence-electron chi connectivity index (χ3n) is 3.99. The monoisotopic (exact) mass is 342 g/mol. The molecule has 5 nitrogen and oxygen atoms in total. The fourth-order valence-corrected chi connectivity index (χ4v) is 3.05. The minimum absolute atomic E-state index is 0.129. The number of phenolic OH excluding ortho intramolecular Hbond substituents is 1. The van der Waals surface area contributed by atoms with Gasteiger partial charge in [-0.3, -0.25) is 5.10 Å². The Hall–Kier alpha value is -2.66. The molecular weight excluding hydrogens is 328 g/mol. The largest absolute Gasteiger partial charge is 0.507 e. The lowest BCUT2D eigenvalue weighted by Gasteiger charge is -2.19. The number of nitrogens with one attached hydrogen (secondary N) is 1. The number of halogens is 1. The van der Waals surface area contributed by atoms with E-state index < -0.39 is 0 Å². The molecule has 0 radical (unpaired) electrons. The van der Waals surface area contributed by atoms with E-state index in [9.17, 15) is 5.11 Å². The molecule has 24 heavy (non-hydrogen) atoms. The molecule has 0 saturated carbocycles. The van der Waals surface area contributed by atoms with Gasteiger partial charge in [0.05, 0.1) is 0 Å². The first-order valence-electron chi connectivity index (χ1n) is 7.57. The fourth-order valence-electron chi connectivity index (χ4n) is 2.87. The second-order valence-electron chi connectivity index (χ2n) is 5.59. The third kappa shape index (κ3) is 2.47. The molecule has 6 heteroatoms. The van der Waals surface area contributed by atoms with E-state index >= 15 is 0 Å². The Labute approximate surface area is 143 Å². The highest BCUT2D eigenvalue weighted by molar-refractivity contribution is 6.31. The van der Waals surface area contributed by atoms with E-state index in [-0.39, 0.29) is 5.75 Å². The van der Waals surface area contributed by atoms with Gasteiger partial charge in [-0.15, -0.1) is 0 Å². The zero-order chi connectivity index (χ0) is 16.7. The summed E-state index contributed by atoms with van der Waals surface area (Å²) in [7, 11) is 0. The van der Waals surface area contributed by atoms with Gasteiger partial charge in [-0.1, -0.05) is 17.7 Å². The maximum Gasteiger partial charge on any atom is 0.161 e. The minimum Gasteiger partial charge on any atom is -0.507 e. The standard InChI is InChI=1S/C18H15ClN2O3/c1-10-17(11-2-5-15-16(8-11)24-7-6-23-15)18(21-20-10)13-9-12(19)3-4-14(13)22/h2-5,8-9,22H,6-7H2,1H3,(H,20,21). The summed E-state index contributed by atoms with van der Waals surface area (Å²) in [5.74, 6) is 1.57. The lowest BCUT2D eigenvalue weighted by atomic mass is 9.98. The molecule has 0 aliphatic carbocycles. The van der Waals surface area contributed by atoms with E-state index in [0.717, 1.165) is 22.6 Å². The lowest BCUT2D eigenvalue weighted by Crippen LogP contribution is -2.15. The van der Waals surface area contributed by atoms with Gasteiger partial charge in [0.1, 0.15) is 24.7 Å². The summed E-state index contributed by atoms with van der Waals surface area (Å²) in [6, 6.07) is 10.7. The maximum absolute atomic E-state index is 10.2. The van der Waals surface area contributed by atoms with Crippen molar-refractivity contribution in [1.82, 2.24) is 10.2 Å². The van der Waals surface area contributed by atoms with Crippen LogP contribution in [0.1, 0.15) is 5.69 Å². The number of hydrogen-bond donors (Lipinski definition) is 2. The molecule has 0 bridgehead atoms. The molecule has 3 aromatic rings. The fraction of sp³-hybridized carbons (Fsp3) is 0.167. The molecule has 0 atom stereocenters. The molecule has 2 N–H and O–H groups in total. The normalized spacial score (nSPS) is 13.1. The summed E-state index contributed by atoms with van der Waals surface area (Å²) in [5, 5.41) is 18.1. The van der Waals surface area contributed by atoms with E-state index in [1.54, 1.807) is 18.2 Å². The molecule has 1 aromatic heterocycles. The Kier molecular flexibility index (Phi) is 3.58. The van der Waals surface area contributed by atoms with Crippen molar-refractivity contribution >= 4 is 11.6 Å². The quantitative estimate of drug-likeness (QED) is 0.733. The Morgan fingerprint density at radius 2 is 1.88 bits per heavy atom. The number of ether oxygens (including phenoxy) is 2. The van der Waals surface area contributed by atoms with Crippen LogP contribution in [0.3, 0.4) is 0 Å². The number of fused-ring (bicyclic) bond motifs is 1. The average Bonchev–Trinajstić information content (AvgIpc) is 2.98. The third-order valence-corrected chi connectivity index (χ3v) is 4.23. The maximum atomic E-state index is 10.2. The number of phenols is 1. The van der Waals surface area contributed by atoms with Crippen molar-refractivity contribution in [3.05, 3.63) is 47.1 Å². The van der Waals surface area contributed by atoms with Crippen molar-refractivity contribution in [3.63, 3.8) is 0 Å². The van der Waals surface area contributed by atoms with Crippen molar-refractivity contribution in [3.8, 4) is 39.6 Å². The summed E-state index contributed by atoms with van der Waals surface area (Å²) in [5.41, 5.74) is 3.94. The molecule has 2 heterocycles. The molecule has 0 saturated heterocycles. The average molecular weight is 343 g/mol. The summed E-state index contributed by atoms with van der Waals surface area (Å²) < 4.78 is 11.2. The van der Waals surface area contributed by atoms with Crippen LogP contribution in [0.5, 0.6) is 17.2 Å². The molecule has 0 unspecified atom stereocenters. The van der Waals surface area contributed by atoms with Crippen molar-refractivity contribution in [2.45, 2.75) is 6.92 Å². The number of hydrogen-bond acceptors (Lipinski definition) is 4. The lowest BCUT2D eigenvalue weighted by molar-refractivity contribution is 0.171. The van der Waals surface area contributed by atoms with Gasteiger partial charge in [-0.25, -0.2) is 0 Å². The second kappa shape index (κ2) is 5.76. The first-order chi connectivity index (χ1) is 11.6. The van der Waals surface area contributed by atoms with Crippen LogP contribution in [0, 0.1) is 6.92 Å². The predicted octanol–water partition coefficient (Wildman–Crippen LogP) is 4.18. The molecular formula is C18H15ClN2O3. The SMILES string of the molecule is Cc1[nH]nc(-c2cc(Cl)ccc2O)c1-c1ccc2c(c1)OCCO2. The van der Waals surface area contributed by atoms with Crippen LogP contribution in [0.4, 0.5) is 0 Å². The van der Waals surface area contributed by atoms with Crippen LogP contribution in [-0.2, 0) is 0 Å². The van der Waals surface area contributed by atoms with Crippen LogP contribution in [0.2, 0.25) is 5.02 Å². The van der Waals surface area contributed by atoms with Gasteiger partial charge in [0.15, 0.2) is 11.5 Å². The number of rotatable bonds is 2. The van der Waals surface area contributed by atoms with Gasteiger partial charge in [-0.2, -0.15) is 5.10 Å². The molecule has 1 aliphatic heterocycles. The highest BCUT2D eigenvalue weighted by Crippen LogP contribution is 2.41. The van der Waals surface area contributed by atoms with E-state index in [2.05, 4.69) is 10.2 Å². The van der Waals surface area contributed by atoms with Gasteiger partial charge in [0, 0.05) is 21.8 Å². The van der Waals surface area contributed by atoms with Gasteiger partial charge in [0.25, 0.3) is 0 Å². The number of nitrogens with zero attached hydrogens (tertiary/aromatic N) is 1. The first kappa shape index (κ1) is 14.9. The van der Waals surface area contributed by atoms with Crippen molar-refractivity contribution in [2.24, 2.45) is 0 Å². The molecule has 122 valence electrons. The zero-order valence-corrected chi connectivity index (χ0v) is 13.7. The van der Waals surface area contributed by atoms with Crippen molar-refractivity contribution in [1.29, 1.82) is 0 Å². The topological polar surface area (TPSA) is 67.4 Å². The van der Waals surface area contributed by atoms with E-state index in [0.29, 0.717) is 35.2 Å². The van der Waals surface area contributed by atoms with Gasteiger partial charge in [0.2, 0.25) is 0 Å². The van der Waals surface area contributed by atoms with Crippen LogP contribution in [0.15, 0.2) is 36.4 Å². The van der Waals surface area contributed by atoms with Gasteiger partial charge >= 0.3 is 0 Å². The van der Waals surface area contributed by atoms with Crippen LogP contribution < -0.4 is 9.47 Å². The number of aromatic amines is 1. The molecule has 0 fully saturated rings.